The summed E-state index contributed by atoms with van der Waals surface area (Å²) < 4.78 is 0. The van der Waals surface area contributed by atoms with Gasteiger partial charge in [-0.15, -0.1) is 0 Å². The van der Waals surface area contributed by atoms with Crippen LogP contribution in [-0.4, -0.2) is 6.08 Å². The predicted molar refractivity (Wildman–Crippen MR) is 66.7 cm³/mol. The normalized spacial score (nSPS) is 11.4. The molecule has 2 nitrogen and oxygen atoms in total. The molecule has 0 aliphatic carbocycles. The van der Waals surface area contributed by atoms with E-state index in [2.05, 4.69) is 18.8 Å². The number of halogens is 1. The second-order valence-corrected chi connectivity index (χ2v) is 5.08. The second kappa shape index (κ2) is 4.82. The first-order valence-corrected chi connectivity index (χ1v) is 5.65. The van der Waals surface area contributed by atoms with Gasteiger partial charge in [0.05, 0.1) is 5.54 Å². The summed E-state index contributed by atoms with van der Waals surface area (Å²) in [5.41, 5.74) is 1.60. The van der Waals surface area contributed by atoms with Crippen molar-refractivity contribution >= 4 is 17.7 Å². The fourth-order valence-corrected chi connectivity index (χ4v) is 1.92. The maximum atomic E-state index is 10.4. The fraction of sp³-hybridized carbons (Fsp3) is 0.462. The summed E-state index contributed by atoms with van der Waals surface area (Å²) in [5.74, 6) is 0.342. The molecule has 0 saturated heterocycles. The number of carbonyl (C=O) groups excluding carboxylic acids is 1. The zero-order valence-electron chi connectivity index (χ0n) is 10.0. The summed E-state index contributed by atoms with van der Waals surface area (Å²) in [6.45, 7) is 7.98. The van der Waals surface area contributed by atoms with Gasteiger partial charge in [-0.2, -0.15) is 4.99 Å². The van der Waals surface area contributed by atoms with Crippen molar-refractivity contribution in [2.75, 3.05) is 0 Å². The summed E-state index contributed by atoms with van der Waals surface area (Å²) in [6, 6.07) is 5.69. The number of aliphatic imine (C=N–C) groups is 1. The average Bonchev–Trinajstić information content (AvgIpc) is 2.16. The number of rotatable bonds is 3. The van der Waals surface area contributed by atoms with Gasteiger partial charge in [0.1, 0.15) is 0 Å². The van der Waals surface area contributed by atoms with Gasteiger partial charge in [0.25, 0.3) is 0 Å². The Morgan fingerprint density at radius 3 is 2.50 bits per heavy atom. The van der Waals surface area contributed by atoms with Crippen LogP contribution in [0.25, 0.3) is 0 Å². The lowest BCUT2D eigenvalue weighted by atomic mass is 9.86. The Bertz CT molecular complexity index is 432. The molecule has 1 aromatic carbocycles. The van der Waals surface area contributed by atoms with Crippen LogP contribution in [0, 0.1) is 0 Å². The molecule has 86 valence electrons. The molecule has 0 heterocycles. The van der Waals surface area contributed by atoms with Crippen LogP contribution in [0.4, 0.5) is 0 Å². The Balaban J connectivity index is 3.38. The van der Waals surface area contributed by atoms with Gasteiger partial charge in [-0.1, -0.05) is 31.5 Å². The molecule has 0 radical (unpaired) electrons. The third kappa shape index (κ3) is 2.72. The van der Waals surface area contributed by atoms with Gasteiger partial charge >= 0.3 is 0 Å². The smallest absolute Gasteiger partial charge is 0.211 e. The number of hydrogen-bond donors (Lipinski definition) is 0. The molecule has 0 aliphatic heterocycles. The van der Waals surface area contributed by atoms with Crippen LogP contribution in [-0.2, 0) is 10.3 Å². The van der Waals surface area contributed by atoms with E-state index in [9.17, 15) is 4.79 Å². The lowest BCUT2D eigenvalue weighted by Gasteiger charge is -2.23. The highest BCUT2D eigenvalue weighted by Gasteiger charge is 2.23. The molecule has 0 N–H and O–H groups in total. The highest BCUT2D eigenvalue weighted by molar-refractivity contribution is 6.30. The molecule has 16 heavy (non-hydrogen) atoms. The largest absolute Gasteiger partial charge is 0.235 e. The van der Waals surface area contributed by atoms with Crippen molar-refractivity contribution < 1.29 is 4.79 Å². The Morgan fingerprint density at radius 2 is 2.00 bits per heavy atom. The molecule has 1 rings (SSSR count). The number of benzene rings is 1. The highest BCUT2D eigenvalue weighted by Crippen LogP contribution is 2.33. The fourth-order valence-electron chi connectivity index (χ4n) is 1.74. The Kier molecular flexibility index (Phi) is 3.90. The van der Waals surface area contributed by atoms with E-state index in [4.69, 9.17) is 11.6 Å². The number of nitrogens with zero attached hydrogens (tertiary/aromatic N) is 1. The maximum Gasteiger partial charge on any atom is 0.235 e. The zero-order chi connectivity index (χ0) is 12.3. The van der Waals surface area contributed by atoms with E-state index in [0.29, 0.717) is 10.9 Å². The van der Waals surface area contributed by atoms with E-state index in [1.807, 2.05) is 32.0 Å². The standard InChI is InChI=1S/C13H16ClNO/c1-9(2)11-7-10(14)5-6-12(11)13(3,4)15-8-16/h5-7,9H,1-4H3. The molecule has 0 spiro atoms. The van der Waals surface area contributed by atoms with Crippen LogP contribution >= 0.6 is 11.6 Å². The minimum absolute atomic E-state index is 0.342. The molecule has 0 aromatic heterocycles. The summed E-state index contributed by atoms with van der Waals surface area (Å²) in [7, 11) is 0. The molecular formula is C13H16ClNO. The third-order valence-corrected chi connectivity index (χ3v) is 2.85. The molecule has 0 atom stereocenters. The molecule has 3 heteroatoms. The maximum absolute atomic E-state index is 10.4. The Labute approximate surface area is 101 Å². The van der Waals surface area contributed by atoms with Crippen molar-refractivity contribution in [3.05, 3.63) is 34.3 Å². The van der Waals surface area contributed by atoms with E-state index in [-0.39, 0.29) is 0 Å². The first kappa shape index (κ1) is 13.0. The van der Waals surface area contributed by atoms with Gasteiger partial charge in [0, 0.05) is 5.02 Å². The van der Waals surface area contributed by atoms with Crippen molar-refractivity contribution in [3.8, 4) is 0 Å². The van der Waals surface area contributed by atoms with E-state index in [1.165, 1.54) is 0 Å². The van der Waals surface area contributed by atoms with E-state index in [0.717, 1.165) is 11.1 Å². The predicted octanol–water partition coefficient (Wildman–Crippen LogP) is 4.03. The lowest BCUT2D eigenvalue weighted by molar-refractivity contribution is 0.517. The van der Waals surface area contributed by atoms with Gasteiger partial charge in [-0.25, -0.2) is 4.79 Å². The monoisotopic (exact) mass is 237 g/mol. The van der Waals surface area contributed by atoms with Crippen LogP contribution in [0.3, 0.4) is 0 Å². The highest BCUT2D eigenvalue weighted by atomic mass is 35.5. The minimum Gasteiger partial charge on any atom is -0.211 e. The topological polar surface area (TPSA) is 29.4 Å². The van der Waals surface area contributed by atoms with Crippen LogP contribution in [0.2, 0.25) is 5.02 Å². The second-order valence-electron chi connectivity index (χ2n) is 4.65. The van der Waals surface area contributed by atoms with E-state index < -0.39 is 5.54 Å². The number of isocyanates is 1. The molecule has 0 bridgehead atoms. The van der Waals surface area contributed by atoms with Crippen molar-refractivity contribution in [1.82, 2.24) is 0 Å². The molecule has 0 saturated carbocycles. The van der Waals surface area contributed by atoms with Crippen LogP contribution in [0.5, 0.6) is 0 Å². The Hall–Kier alpha value is -1.11. The first-order valence-electron chi connectivity index (χ1n) is 5.27. The van der Waals surface area contributed by atoms with Crippen LogP contribution in [0.1, 0.15) is 44.7 Å². The lowest BCUT2D eigenvalue weighted by Crippen LogP contribution is -2.16. The Morgan fingerprint density at radius 1 is 1.38 bits per heavy atom. The average molecular weight is 238 g/mol. The van der Waals surface area contributed by atoms with Crippen molar-refractivity contribution in [2.45, 2.75) is 39.2 Å². The third-order valence-electron chi connectivity index (χ3n) is 2.62. The molecule has 1 aromatic rings. The summed E-state index contributed by atoms with van der Waals surface area (Å²) in [5, 5.41) is 0.707. The van der Waals surface area contributed by atoms with Crippen LogP contribution < -0.4 is 0 Å². The zero-order valence-corrected chi connectivity index (χ0v) is 10.8. The molecule has 0 unspecified atom stereocenters. The first-order chi connectivity index (χ1) is 7.38. The molecule has 0 aliphatic rings. The van der Waals surface area contributed by atoms with Gasteiger partial charge in [-0.3, -0.25) is 0 Å². The van der Waals surface area contributed by atoms with Gasteiger partial charge < -0.3 is 0 Å². The van der Waals surface area contributed by atoms with Gasteiger partial charge in [0.2, 0.25) is 6.08 Å². The quantitative estimate of drug-likeness (QED) is 0.576. The molecular weight excluding hydrogens is 222 g/mol. The summed E-state index contributed by atoms with van der Waals surface area (Å²) in [6.07, 6.45) is 1.63. The van der Waals surface area contributed by atoms with Gasteiger partial charge in [0.15, 0.2) is 0 Å². The van der Waals surface area contributed by atoms with Crippen molar-refractivity contribution in [1.29, 1.82) is 0 Å². The van der Waals surface area contributed by atoms with Crippen molar-refractivity contribution in [2.24, 2.45) is 4.99 Å². The van der Waals surface area contributed by atoms with E-state index >= 15 is 0 Å². The summed E-state index contributed by atoms with van der Waals surface area (Å²) >= 11 is 5.98. The van der Waals surface area contributed by atoms with Crippen LogP contribution in [0.15, 0.2) is 23.2 Å². The minimum atomic E-state index is -0.550. The number of hydrogen-bond acceptors (Lipinski definition) is 2. The van der Waals surface area contributed by atoms with E-state index in [1.54, 1.807) is 6.08 Å². The summed E-state index contributed by atoms with van der Waals surface area (Å²) in [4.78, 5) is 14.3. The van der Waals surface area contributed by atoms with Crippen molar-refractivity contribution in [3.63, 3.8) is 0 Å². The molecule has 0 fully saturated rings. The SMILES string of the molecule is CC(C)c1cc(Cl)ccc1C(C)(C)N=C=O. The molecule has 0 amide bonds. The van der Waals surface area contributed by atoms with Gasteiger partial charge in [-0.05, 0) is 43.0 Å².